The second kappa shape index (κ2) is 4.64. The molecule has 0 aromatic heterocycles. The lowest BCUT2D eigenvalue weighted by Gasteiger charge is -2.29. The molecule has 0 bridgehead atoms. The van der Waals surface area contributed by atoms with E-state index in [2.05, 4.69) is 0 Å². The van der Waals surface area contributed by atoms with Gasteiger partial charge in [-0.1, -0.05) is 36.4 Å². The molecule has 0 spiro atoms. The molecule has 94 valence electrons. The van der Waals surface area contributed by atoms with E-state index in [4.69, 9.17) is 9.47 Å². The highest BCUT2D eigenvalue weighted by atomic mass is 16.5. The molecular formula is C14H14O4. The van der Waals surface area contributed by atoms with Crippen LogP contribution >= 0.6 is 0 Å². The number of rotatable bonds is 2. The fourth-order valence-electron chi connectivity index (χ4n) is 2.30. The van der Waals surface area contributed by atoms with E-state index in [1.165, 1.54) is 14.2 Å². The number of esters is 2. The van der Waals surface area contributed by atoms with Crippen LogP contribution in [0.1, 0.15) is 11.1 Å². The number of hydrogen-bond donors (Lipinski definition) is 0. The summed E-state index contributed by atoms with van der Waals surface area (Å²) < 4.78 is 9.56. The van der Waals surface area contributed by atoms with Gasteiger partial charge in [-0.15, -0.1) is 0 Å². The Kier molecular flexibility index (Phi) is 3.19. The van der Waals surface area contributed by atoms with E-state index < -0.39 is 17.4 Å². The van der Waals surface area contributed by atoms with Crippen molar-refractivity contribution in [3.05, 3.63) is 47.5 Å². The summed E-state index contributed by atoms with van der Waals surface area (Å²) in [6, 6.07) is 7.31. The Hall–Kier alpha value is -2.10. The fraction of sp³-hybridized carbons (Fsp3) is 0.286. The zero-order valence-electron chi connectivity index (χ0n) is 10.3. The van der Waals surface area contributed by atoms with E-state index in [0.717, 1.165) is 5.56 Å². The molecule has 1 aromatic carbocycles. The number of benzene rings is 1. The van der Waals surface area contributed by atoms with Crippen molar-refractivity contribution in [3.63, 3.8) is 0 Å². The summed E-state index contributed by atoms with van der Waals surface area (Å²) in [6.45, 7) is 0. The minimum absolute atomic E-state index is 0.627. The van der Waals surface area contributed by atoms with Crippen LogP contribution in [0.2, 0.25) is 0 Å². The van der Waals surface area contributed by atoms with E-state index in [0.29, 0.717) is 12.0 Å². The molecule has 0 radical (unpaired) electrons. The molecule has 0 unspecified atom stereocenters. The van der Waals surface area contributed by atoms with E-state index in [9.17, 15) is 9.59 Å². The molecular weight excluding hydrogens is 232 g/mol. The number of ether oxygens (including phenoxy) is 2. The van der Waals surface area contributed by atoms with Crippen LogP contribution in [0.5, 0.6) is 0 Å². The van der Waals surface area contributed by atoms with Gasteiger partial charge in [0, 0.05) is 0 Å². The van der Waals surface area contributed by atoms with Gasteiger partial charge in [-0.2, -0.15) is 0 Å². The Labute approximate surface area is 105 Å². The van der Waals surface area contributed by atoms with Crippen LogP contribution < -0.4 is 0 Å². The Morgan fingerprint density at radius 1 is 1.11 bits per heavy atom. The number of fused-ring (bicyclic) bond motifs is 1. The zero-order valence-corrected chi connectivity index (χ0v) is 10.3. The lowest BCUT2D eigenvalue weighted by atomic mass is 9.74. The topological polar surface area (TPSA) is 52.6 Å². The van der Waals surface area contributed by atoms with Crippen LogP contribution in [-0.4, -0.2) is 26.2 Å². The standard InChI is InChI=1S/C14H14O4/c1-17-12(15)14(13(16)18-2)9-5-7-10-6-3-4-8-11(10)14/h3-6,8-9H,7H2,1-2H3. The Bertz CT molecular complexity index is 500. The van der Waals surface area contributed by atoms with Crippen LogP contribution in [0.15, 0.2) is 36.4 Å². The molecule has 4 nitrogen and oxygen atoms in total. The maximum absolute atomic E-state index is 12.1. The molecule has 18 heavy (non-hydrogen) atoms. The third-order valence-electron chi connectivity index (χ3n) is 3.16. The quantitative estimate of drug-likeness (QED) is 0.449. The van der Waals surface area contributed by atoms with Crippen LogP contribution in [0.25, 0.3) is 0 Å². The predicted molar refractivity (Wildman–Crippen MR) is 65.0 cm³/mol. The van der Waals surface area contributed by atoms with Gasteiger partial charge in [0.25, 0.3) is 0 Å². The monoisotopic (exact) mass is 246 g/mol. The third kappa shape index (κ3) is 1.61. The molecule has 0 amide bonds. The molecule has 0 aliphatic heterocycles. The predicted octanol–water partition coefficient (Wildman–Crippen LogP) is 1.38. The number of carbonyl (C=O) groups excluding carboxylic acids is 2. The van der Waals surface area contributed by atoms with Crippen molar-refractivity contribution in [2.24, 2.45) is 0 Å². The van der Waals surface area contributed by atoms with Crippen LogP contribution in [0.3, 0.4) is 0 Å². The highest BCUT2D eigenvalue weighted by Crippen LogP contribution is 2.35. The highest BCUT2D eigenvalue weighted by Gasteiger charge is 2.50. The van der Waals surface area contributed by atoms with Crippen molar-refractivity contribution in [1.29, 1.82) is 0 Å². The van der Waals surface area contributed by atoms with Gasteiger partial charge in [-0.3, -0.25) is 9.59 Å². The Morgan fingerprint density at radius 3 is 2.33 bits per heavy atom. The first-order chi connectivity index (χ1) is 8.66. The number of methoxy groups -OCH3 is 2. The van der Waals surface area contributed by atoms with Gasteiger partial charge < -0.3 is 9.47 Å². The van der Waals surface area contributed by atoms with Gasteiger partial charge in [0.1, 0.15) is 0 Å². The van der Waals surface area contributed by atoms with E-state index in [1.54, 1.807) is 24.3 Å². The molecule has 4 heteroatoms. The summed E-state index contributed by atoms with van der Waals surface area (Å²) in [6.07, 6.45) is 4.04. The normalized spacial score (nSPS) is 15.7. The minimum Gasteiger partial charge on any atom is -0.468 e. The van der Waals surface area contributed by atoms with Crippen molar-refractivity contribution in [1.82, 2.24) is 0 Å². The summed E-state index contributed by atoms with van der Waals surface area (Å²) >= 11 is 0. The smallest absolute Gasteiger partial charge is 0.331 e. The first-order valence-corrected chi connectivity index (χ1v) is 5.59. The Morgan fingerprint density at radius 2 is 1.72 bits per heavy atom. The van der Waals surface area contributed by atoms with Crippen molar-refractivity contribution >= 4 is 11.9 Å². The summed E-state index contributed by atoms with van der Waals surface area (Å²) in [5.41, 5.74) is 0.0835. The summed E-state index contributed by atoms with van der Waals surface area (Å²) in [7, 11) is 2.52. The molecule has 0 fully saturated rings. The van der Waals surface area contributed by atoms with Crippen LogP contribution in [-0.2, 0) is 30.9 Å². The van der Waals surface area contributed by atoms with E-state index >= 15 is 0 Å². The number of carbonyl (C=O) groups is 2. The zero-order chi connectivity index (χ0) is 13.2. The lowest BCUT2D eigenvalue weighted by molar-refractivity contribution is -0.159. The third-order valence-corrected chi connectivity index (χ3v) is 3.16. The molecule has 0 N–H and O–H groups in total. The molecule has 2 rings (SSSR count). The number of hydrogen-bond acceptors (Lipinski definition) is 4. The van der Waals surface area contributed by atoms with Gasteiger partial charge >= 0.3 is 11.9 Å². The maximum Gasteiger partial charge on any atom is 0.331 e. The van der Waals surface area contributed by atoms with Gasteiger partial charge in [-0.05, 0) is 17.5 Å². The molecule has 1 aliphatic carbocycles. The van der Waals surface area contributed by atoms with Gasteiger partial charge in [-0.25, -0.2) is 0 Å². The summed E-state index contributed by atoms with van der Waals surface area (Å²) in [4.78, 5) is 24.2. The first kappa shape index (κ1) is 12.4. The molecule has 0 saturated heterocycles. The molecule has 0 saturated carbocycles. The van der Waals surface area contributed by atoms with Gasteiger partial charge in [0.15, 0.2) is 0 Å². The van der Waals surface area contributed by atoms with E-state index in [-0.39, 0.29) is 0 Å². The number of allylic oxidation sites excluding steroid dienone is 1. The second-order valence-corrected chi connectivity index (χ2v) is 4.05. The van der Waals surface area contributed by atoms with Crippen molar-refractivity contribution in [2.75, 3.05) is 14.2 Å². The van der Waals surface area contributed by atoms with E-state index in [1.807, 2.05) is 12.1 Å². The van der Waals surface area contributed by atoms with Crippen molar-refractivity contribution in [3.8, 4) is 0 Å². The minimum atomic E-state index is -1.47. The first-order valence-electron chi connectivity index (χ1n) is 5.59. The highest BCUT2D eigenvalue weighted by molar-refractivity contribution is 6.09. The SMILES string of the molecule is COC(=O)C1(C(=O)OC)C=CCc2ccccc21. The van der Waals surface area contributed by atoms with Crippen LogP contribution in [0, 0.1) is 0 Å². The van der Waals surface area contributed by atoms with Crippen LogP contribution in [0.4, 0.5) is 0 Å². The average molecular weight is 246 g/mol. The largest absolute Gasteiger partial charge is 0.468 e. The lowest BCUT2D eigenvalue weighted by Crippen LogP contribution is -2.45. The van der Waals surface area contributed by atoms with Crippen molar-refractivity contribution < 1.29 is 19.1 Å². The fourth-order valence-corrected chi connectivity index (χ4v) is 2.30. The molecule has 0 atom stereocenters. The molecule has 1 aliphatic rings. The van der Waals surface area contributed by atoms with Gasteiger partial charge in [0.05, 0.1) is 14.2 Å². The Balaban J connectivity index is 2.67. The van der Waals surface area contributed by atoms with Gasteiger partial charge in [0.2, 0.25) is 5.41 Å². The summed E-state index contributed by atoms with van der Waals surface area (Å²) in [5.74, 6) is -1.25. The maximum atomic E-state index is 12.1. The molecule has 0 heterocycles. The molecule has 1 aromatic rings. The second-order valence-electron chi connectivity index (χ2n) is 4.05. The average Bonchev–Trinajstić information content (AvgIpc) is 2.44. The summed E-state index contributed by atoms with van der Waals surface area (Å²) in [5, 5.41) is 0. The van der Waals surface area contributed by atoms with Crippen molar-refractivity contribution in [2.45, 2.75) is 11.8 Å².